The summed E-state index contributed by atoms with van der Waals surface area (Å²) in [6.07, 6.45) is 1.51. The molecule has 0 aliphatic heterocycles. The third-order valence-corrected chi connectivity index (χ3v) is 2.98. The summed E-state index contributed by atoms with van der Waals surface area (Å²) in [5.74, 6) is -0.125. The molecule has 17 heavy (non-hydrogen) atoms. The van der Waals surface area contributed by atoms with Gasteiger partial charge in [-0.3, -0.25) is 4.79 Å². The van der Waals surface area contributed by atoms with E-state index in [0.717, 1.165) is 22.1 Å². The molecular formula is C12H18BrClN2O. The first-order chi connectivity index (χ1) is 7.58. The minimum atomic E-state index is -0.437. The van der Waals surface area contributed by atoms with Crippen molar-refractivity contribution in [3.05, 3.63) is 28.2 Å². The van der Waals surface area contributed by atoms with Crippen molar-refractivity contribution < 1.29 is 4.79 Å². The van der Waals surface area contributed by atoms with E-state index in [0.29, 0.717) is 6.42 Å². The van der Waals surface area contributed by atoms with E-state index >= 15 is 0 Å². The number of carbonyl (C=O) groups is 1. The number of amides is 1. The predicted octanol–water partition coefficient (Wildman–Crippen LogP) is 3.11. The van der Waals surface area contributed by atoms with Crippen molar-refractivity contribution in [2.24, 2.45) is 5.73 Å². The summed E-state index contributed by atoms with van der Waals surface area (Å²) in [6, 6.07) is 5.37. The Morgan fingerprint density at radius 3 is 2.65 bits per heavy atom. The van der Waals surface area contributed by atoms with Crippen LogP contribution >= 0.6 is 28.3 Å². The maximum absolute atomic E-state index is 11.6. The van der Waals surface area contributed by atoms with Gasteiger partial charge in [-0.15, -0.1) is 12.4 Å². The fourth-order valence-corrected chi connectivity index (χ4v) is 1.80. The first-order valence-corrected chi connectivity index (χ1v) is 6.22. The Kier molecular flexibility index (Phi) is 7.43. The second-order valence-corrected chi connectivity index (χ2v) is 4.57. The fraction of sp³-hybridized carbons (Fsp3) is 0.417. The lowest BCUT2D eigenvalue weighted by Crippen LogP contribution is -2.35. The molecule has 96 valence electrons. The third-order valence-electron chi connectivity index (χ3n) is 2.48. The van der Waals surface area contributed by atoms with Gasteiger partial charge in [0.2, 0.25) is 5.91 Å². The number of halogens is 2. The Hall–Kier alpha value is -0.580. The molecule has 0 aliphatic rings. The monoisotopic (exact) mass is 320 g/mol. The molecule has 3 nitrogen and oxygen atoms in total. The number of aryl methyl sites for hydroxylation is 1. The molecule has 3 N–H and O–H groups in total. The number of benzene rings is 1. The van der Waals surface area contributed by atoms with Crippen LogP contribution in [-0.2, 0) is 11.2 Å². The highest BCUT2D eigenvalue weighted by Gasteiger charge is 2.12. The first kappa shape index (κ1) is 16.4. The molecule has 0 saturated heterocycles. The SMILES string of the molecule is CCc1cc(Br)ccc1NC(=O)[C@@H](N)CC.Cl. The average Bonchev–Trinajstić information content (AvgIpc) is 2.30. The number of rotatable bonds is 4. The molecule has 0 saturated carbocycles. The van der Waals surface area contributed by atoms with Gasteiger partial charge in [0.25, 0.3) is 0 Å². The van der Waals surface area contributed by atoms with Crippen molar-refractivity contribution in [1.82, 2.24) is 0 Å². The fourth-order valence-electron chi connectivity index (χ4n) is 1.39. The van der Waals surface area contributed by atoms with Crippen LogP contribution in [0.1, 0.15) is 25.8 Å². The molecule has 0 bridgehead atoms. The largest absolute Gasteiger partial charge is 0.324 e. The van der Waals surface area contributed by atoms with Crippen molar-refractivity contribution in [1.29, 1.82) is 0 Å². The van der Waals surface area contributed by atoms with E-state index in [1.807, 2.05) is 25.1 Å². The molecular weight excluding hydrogens is 304 g/mol. The van der Waals surface area contributed by atoms with Crippen molar-refractivity contribution in [2.75, 3.05) is 5.32 Å². The van der Waals surface area contributed by atoms with Crippen LogP contribution in [0.2, 0.25) is 0 Å². The Morgan fingerprint density at radius 1 is 1.47 bits per heavy atom. The summed E-state index contributed by atoms with van der Waals surface area (Å²) in [4.78, 5) is 11.6. The van der Waals surface area contributed by atoms with Crippen LogP contribution in [0, 0.1) is 0 Å². The van der Waals surface area contributed by atoms with E-state index < -0.39 is 6.04 Å². The molecule has 0 unspecified atom stereocenters. The van der Waals surface area contributed by atoms with Crippen LogP contribution in [0.5, 0.6) is 0 Å². The molecule has 0 heterocycles. The van der Waals surface area contributed by atoms with Gasteiger partial charge in [0.1, 0.15) is 0 Å². The highest BCUT2D eigenvalue weighted by Crippen LogP contribution is 2.21. The molecule has 5 heteroatoms. The standard InChI is InChI=1S/C12H17BrN2O.ClH/c1-3-8-7-9(13)5-6-11(8)15-12(16)10(14)4-2;/h5-7,10H,3-4,14H2,1-2H3,(H,15,16);1H/t10-;/m0./s1. The first-order valence-electron chi connectivity index (χ1n) is 5.43. The maximum Gasteiger partial charge on any atom is 0.241 e. The lowest BCUT2D eigenvalue weighted by molar-refractivity contribution is -0.117. The van der Waals surface area contributed by atoms with Gasteiger partial charge in [0.15, 0.2) is 0 Å². The zero-order chi connectivity index (χ0) is 12.1. The molecule has 1 rings (SSSR count). The summed E-state index contributed by atoms with van der Waals surface area (Å²) >= 11 is 3.41. The number of hydrogen-bond donors (Lipinski definition) is 2. The van der Waals surface area contributed by atoms with E-state index in [9.17, 15) is 4.79 Å². The van der Waals surface area contributed by atoms with Gasteiger partial charge in [0.05, 0.1) is 6.04 Å². The Labute approximate surface area is 117 Å². The highest BCUT2D eigenvalue weighted by molar-refractivity contribution is 9.10. The van der Waals surface area contributed by atoms with Crippen LogP contribution < -0.4 is 11.1 Å². The molecule has 0 aliphatic carbocycles. The lowest BCUT2D eigenvalue weighted by Gasteiger charge is -2.13. The van der Waals surface area contributed by atoms with Gasteiger partial charge in [-0.25, -0.2) is 0 Å². The van der Waals surface area contributed by atoms with Crippen molar-refractivity contribution >= 4 is 39.9 Å². The third kappa shape index (κ3) is 4.66. The summed E-state index contributed by atoms with van der Waals surface area (Å²) in [5, 5.41) is 2.85. The number of carbonyl (C=O) groups excluding carboxylic acids is 1. The topological polar surface area (TPSA) is 55.1 Å². The van der Waals surface area contributed by atoms with Crippen LogP contribution in [0.4, 0.5) is 5.69 Å². The molecule has 1 aromatic carbocycles. The number of nitrogens with one attached hydrogen (secondary N) is 1. The predicted molar refractivity (Wildman–Crippen MR) is 77.7 cm³/mol. The quantitative estimate of drug-likeness (QED) is 0.895. The summed E-state index contributed by atoms with van der Waals surface area (Å²) in [7, 11) is 0. The summed E-state index contributed by atoms with van der Waals surface area (Å²) in [6.45, 7) is 3.95. The van der Waals surface area contributed by atoms with E-state index in [1.165, 1.54) is 0 Å². The Morgan fingerprint density at radius 2 is 2.12 bits per heavy atom. The minimum absolute atomic E-state index is 0. The van der Waals surface area contributed by atoms with Crippen molar-refractivity contribution in [3.8, 4) is 0 Å². The molecule has 0 fully saturated rings. The highest BCUT2D eigenvalue weighted by atomic mass is 79.9. The number of hydrogen-bond acceptors (Lipinski definition) is 2. The van der Waals surface area contributed by atoms with Gasteiger partial charge in [-0.1, -0.05) is 29.8 Å². The van der Waals surface area contributed by atoms with Gasteiger partial charge < -0.3 is 11.1 Å². The molecule has 1 aromatic rings. The maximum atomic E-state index is 11.6. The van der Waals surface area contributed by atoms with Crippen LogP contribution in [0.3, 0.4) is 0 Å². The molecule has 1 atom stereocenters. The zero-order valence-corrected chi connectivity index (χ0v) is 12.4. The normalized spacial score (nSPS) is 11.5. The number of nitrogens with two attached hydrogens (primary N) is 1. The second-order valence-electron chi connectivity index (χ2n) is 3.66. The number of anilines is 1. The van der Waals surface area contributed by atoms with Gasteiger partial charge in [-0.05, 0) is 36.6 Å². The van der Waals surface area contributed by atoms with E-state index in [-0.39, 0.29) is 18.3 Å². The Bertz CT molecular complexity index is 385. The van der Waals surface area contributed by atoms with Crippen LogP contribution in [0.15, 0.2) is 22.7 Å². The molecule has 0 radical (unpaired) electrons. The van der Waals surface area contributed by atoms with Crippen molar-refractivity contribution in [3.63, 3.8) is 0 Å². The van der Waals surface area contributed by atoms with Gasteiger partial charge in [0, 0.05) is 10.2 Å². The molecule has 0 spiro atoms. The average molecular weight is 322 g/mol. The van der Waals surface area contributed by atoms with Crippen LogP contribution in [-0.4, -0.2) is 11.9 Å². The smallest absolute Gasteiger partial charge is 0.241 e. The van der Waals surface area contributed by atoms with E-state index in [4.69, 9.17) is 5.73 Å². The van der Waals surface area contributed by atoms with E-state index in [1.54, 1.807) is 0 Å². The lowest BCUT2D eigenvalue weighted by atomic mass is 10.1. The Balaban J connectivity index is 0.00000256. The summed E-state index contributed by atoms with van der Waals surface area (Å²) in [5.41, 5.74) is 7.61. The minimum Gasteiger partial charge on any atom is -0.324 e. The van der Waals surface area contributed by atoms with Gasteiger partial charge >= 0.3 is 0 Å². The van der Waals surface area contributed by atoms with Crippen molar-refractivity contribution in [2.45, 2.75) is 32.7 Å². The van der Waals surface area contributed by atoms with Gasteiger partial charge in [-0.2, -0.15) is 0 Å². The van der Waals surface area contributed by atoms with E-state index in [2.05, 4.69) is 28.2 Å². The van der Waals surface area contributed by atoms with Crippen LogP contribution in [0.25, 0.3) is 0 Å². The molecule has 0 aromatic heterocycles. The summed E-state index contributed by atoms with van der Waals surface area (Å²) < 4.78 is 1.02. The zero-order valence-electron chi connectivity index (χ0n) is 10.00. The molecule has 1 amide bonds. The second kappa shape index (κ2) is 7.69.